The quantitative estimate of drug-likeness (QED) is 0.385. The van der Waals surface area contributed by atoms with Gasteiger partial charge in [0.05, 0.1) is 21.7 Å². The van der Waals surface area contributed by atoms with Gasteiger partial charge in [0.15, 0.2) is 5.57 Å². The zero-order chi connectivity index (χ0) is 14.4. The summed E-state index contributed by atoms with van der Waals surface area (Å²) < 4.78 is 4.74. The Labute approximate surface area is 126 Å². The highest BCUT2D eigenvalue weighted by molar-refractivity contribution is 7.84. The standard InChI is InChI=1S/C12H10Cl2N2O2S/c1-2-18-12(17)8(6-15)11(19)16-7-3-4-9(13)10(14)5-7/h3-5,16,19H,2H2,1H3/b11-8-. The number of ether oxygens (including phenoxy) is 1. The van der Waals surface area contributed by atoms with Crippen LogP contribution in [-0.2, 0) is 9.53 Å². The molecule has 0 saturated carbocycles. The molecule has 0 radical (unpaired) electrons. The first kappa shape index (κ1) is 15.7. The lowest BCUT2D eigenvalue weighted by Crippen LogP contribution is -2.10. The molecule has 0 aromatic heterocycles. The maximum absolute atomic E-state index is 11.5. The number of anilines is 1. The molecule has 0 aliphatic heterocycles. The van der Waals surface area contributed by atoms with Crippen LogP contribution in [0.4, 0.5) is 5.69 Å². The average Bonchev–Trinajstić information content (AvgIpc) is 2.35. The predicted octanol–water partition coefficient (Wildman–Crippen LogP) is 3.63. The van der Waals surface area contributed by atoms with Gasteiger partial charge in [0.2, 0.25) is 0 Å². The monoisotopic (exact) mass is 316 g/mol. The molecule has 4 nitrogen and oxygen atoms in total. The van der Waals surface area contributed by atoms with Crippen molar-refractivity contribution >= 4 is 47.5 Å². The van der Waals surface area contributed by atoms with Crippen LogP contribution in [0.5, 0.6) is 0 Å². The number of hydrogen-bond donors (Lipinski definition) is 2. The summed E-state index contributed by atoms with van der Waals surface area (Å²) >= 11 is 15.7. The first-order chi connectivity index (χ1) is 8.99. The van der Waals surface area contributed by atoms with Gasteiger partial charge in [0.1, 0.15) is 6.07 Å². The molecular weight excluding hydrogens is 307 g/mol. The third-order valence-corrected chi connectivity index (χ3v) is 3.08. The second-order valence-electron chi connectivity index (χ2n) is 3.31. The highest BCUT2D eigenvalue weighted by Crippen LogP contribution is 2.26. The lowest BCUT2D eigenvalue weighted by atomic mass is 10.3. The molecule has 0 heterocycles. The molecule has 19 heavy (non-hydrogen) atoms. The van der Waals surface area contributed by atoms with Gasteiger partial charge in [-0.05, 0) is 25.1 Å². The summed E-state index contributed by atoms with van der Waals surface area (Å²) in [6, 6.07) is 6.53. The molecule has 0 saturated heterocycles. The molecule has 0 aliphatic rings. The van der Waals surface area contributed by atoms with Crippen molar-refractivity contribution in [3.8, 4) is 6.07 Å². The highest BCUT2D eigenvalue weighted by atomic mass is 35.5. The van der Waals surface area contributed by atoms with Gasteiger partial charge in [0, 0.05) is 5.69 Å². The third-order valence-electron chi connectivity index (χ3n) is 2.01. The van der Waals surface area contributed by atoms with E-state index in [0.717, 1.165) is 0 Å². The Morgan fingerprint density at radius 2 is 2.16 bits per heavy atom. The zero-order valence-electron chi connectivity index (χ0n) is 9.91. The summed E-state index contributed by atoms with van der Waals surface area (Å²) in [4.78, 5) is 11.5. The molecule has 0 aliphatic carbocycles. The van der Waals surface area contributed by atoms with Crippen molar-refractivity contribution in [1.82, 2.24) is 0 Å². The molecule has 0 atom stereocenters. The van der Waals surface area contributed by atoms with Gasteiger partial charge in [-0.1, -0.05) is 23.2 Å². The van der Waals surface area contributed by atoms with Crippen LogP contribution in [0.1, 0.15) is 6.92 Å². The lowest BCUT2D eigenvalue weighted by molar-refractivity contribution is -0.138. The van der Waals surface area contributed by atoms with Gasteiger partial charge in [-0.2, -0.15) is 5.26 Å². The van der Waals surface area contributed by atoms with Crippen LogP contribution in [0.15, 0.2) is 28.8 Å². The third kappa shape index (κ3) is 4.35. The molecule has 7 heteroatoms. The number of carbonyl (C=O) groups is 1. The number of halogens is 2. The Bertz CT molecular complexity index is 567. The number of rotatable bonds is 4. The van der Waals surface area contributed by atoms with E-state index in [0.29, 0.717) is 15.7 Å². The molecule has 1 rings (SSSR count). The van der Waals surface area contributed by atoms with E-state index in [1.807, 2.05) is 0 Å². The van der Waals surface area contributed by atoms with Crippen LogP contribution in [0.3, 0.4) is 0 Å². The van der Waals surface area contributed by atoms with Gasteiger partial charge in [-0.25, -0.2) is 4.79 Å². The lowest BCUT2D eigenvalue weighted by Gasteiger charge is -2.08. The van der Waals surface area contributed by atoms with E-state index in [-0.39, 0.29) is 17.2 Å². The van der Waals surface area contributed by atoms with Gasteiger partial charge in [-0.3, -0.25) is 0 Å². The average molecular weight is 317 g/mol. The SMILES string of the molecule is CCOC(=O)/C(C#N)=C(\S)Nc1ccc(Cl)c(Cl)c1. The van der Waals surface area contributed by atoms with Gasteiger partial charge in [-0.15, -0.1) is 12.6 Å². The summed E-state index contributed by atoms with van der Waals surface area (Å²) in [6.07, 6.45) is 0. The molecule has 0 unspecified atom stereocenters. The normalized spacial score (nSPS) is 11.3. The Hall–Kier alpha value is -1.35. The number of carbonyl (C=O) groups excluding carboxylic acids is 1. The van der Waals surface area contributed by atoms with Crippen LogP contribution >= 0.6 is 35.8 Å². The number of benzene rings is 1. The van der Waals surface area contributed by atoms with E-state index >= 15 is 0 Å². The van der Waals surface area contributed by atoms with Crippen LogP contribution in [-0.4, -0.2) is 12.6 Å². The minimum absolute atomic E-state index is 0.0827. The number of nitriles is 1. The molecule has 1 aromatic carbocycles. The summed E-state index contributed by atoms with van der Waals surface area (Å²) in [5.41, 5.74) is 0.340. The van der Waals surface area contributed by atoms with E-state index in [1.54, 1.807) is 31.2 Å². The number of esters is 1. The van der Waals surface area contributed by atoms with Gasteiger partial charge < -0.3 is 10.1 Å². The van der Waals surface area contributed by atoms with Crippen LogP contribution in [0, 0.1) is 11.3 Å². The van der Waals surface area contributed by atoms with Crippen molar-refractivity contribution in [2.75, 3.05) is 11.9 Å². The minimum Gasteiger partial charge on any atom is -0.462 e. The largest absolute Gasteiger partial charge is 0.462 e. The predicted molar refractivity (Wildman–Crippen MR) is 78.3 cm³/mol. The number of nitrogens with zero attached hydrogens (tertiary/aromatic N) is 1. The highest BCUT2D eigenvalue weighted by Gasteiger charge is 2.14. The van der Waals surface area contributed by atoms with E-state index in [9.17, 15) is 4.79 Å². The molecule has 1 N–H and O–H groups in total. The van der Waals surface area contributed by atoms with Gasteiger partial charge in [0.25, 0.3) is 0 Å². The molecule has 0 bridgehead atoms. The van der Waals surface area contributed by atoms with E-state index in [1.165, 1.54) is 0 Å². The number of thiol groups is 1. The molecular formula is C12H10Cl2N2O2S. The topological polar surface area (TPSA) is 62.1 Å². The number of hydrogen-bond acceptors (Lipinski definition) is 5. The van der Waals surface area contributed by atoms with Crippen molar-refractivity contribution in [2.45, 2.75) is 6.92 Å². The van der Waals surface area contributed by atoms with Crippen molar-refractivity contribution < 1.29 is 9.53 Å². The van der Waals surface area contributed by atoms with Crippen molar-refractivity contribution in [3.05, 3.63) is 38.8 Å². The van der Waals surface area contributed by atoms with Crippen LogP contribution < -0.4 is 5.32 Å². The van der Waals surface area contributed by atoms with Crippen molar-refractivity contribution in [2.24, 2.45) is 0 Å². The molecule has 0 amide bonds. The fraction of sp³-hybridized carbons (Fsp3) is 0.167. The summed E-state index contributed by atoms with van der Waals surface area (Å²) in [6.45, 7) is 1.83. The summed E-state index contributed by atoms with van der Waals surface area (Å²) in [5.74, 6) is -0.734. The van der Waals surface area contributed by atoms with E-state index < -0.39 is 5.97 Å². The molecule has 0 spiro atoms. The van der Waals surface area contributed by atoms with Crippen LogP contribution in [0.2, 0.25) is 10.0 Å². The Morgan fingerprint density at radius 3 is 2.68 bits per heavy atom. The molecule has 100 valence electrons. The second kappa shape index (κ2) is 7.29. The van der Waals surface area contributed by atoms with Crippen molar-refractivity contribution in [3.63, 3.8) is 0 Å². The van der Waals surface area contributed by atoms with Gasteiger partial charge >= 0.3 is 5.97 Å². The summed E-state index contributed by atoms with van der Waals surface area (Å²) in [5, 5.41) is 12.5. The second-order valence-corrected chi connectivity index (χ2v) is 4.57. The van der Waals surface area contributed by atoms with Crippen molar-refractivity contribution in [1.29, 1.82) is 5.26 Å². The minimum atomic E-state index is -0.734. The van der Waals surface area contributed by atoms with E-state index in [4.69, 9.17) is 33.2 Å². The Morgan fingerprint density at radius 1 is 1.47 bits per heavy atom. The fourth-order valence-electron chi connectivity index (χ4n) is 1.17. The smallest absolute Gasteiger partial charge is 0.351 e. The number of nitrogens with one attached hydrogen (secondary N) is 1. The summed E-state index contributed by atoms with van der Waals surface area (Å²) in [7, 11) is 0. The van der Waals surface area contributed by atoms with E-state index in [2.05, 4.69) is 17.9 Å². The fourth-order valence-corrected chi connectivity index (χ4v) is 1.74. The Kier molecular flexibility index (Phi) is 6.03. The first-order valence-corrected chi connectivity index (χ1v) is 6.42. The first-order valence-electron chi connectivity index (χ1n) is 5.22. The molecule has 1 aromatic rings. The zero-order valence-corrected chi connectivity index (χ0v) is 12.3. The maximum atomic E-state index is 11.5. The maximum Gasteiger partial charge on any atom is 0.351 e. The van der Waals surface area contributed by atoms with Crippen LogP contribution in [0.25, 0.3) is 0 Å². The molecule has 0 fully saturated rings. The Balaban J connectivity index is 2.98.